The lowest BCUT2D eigenvalue weighted by atomic mass is 10.1. The molecule has 2 rings (SSSR count). The van der Waals surface area contributed by atoms with Crippen molar-refractivity contribution in [3.8, 4) is 0 Å². The molecule has 0 saturated carbocycles. The molecule has 0 saturated heterocycles. The number of hydrogen-bond acceptors (Lipinski definition) is 4. The predicted octanol–water partition coefficient (Wildman–Crippen LogP) is 1.68. The lowest BCUT2D eigenvalue weighted by Gasteiger charge is -2.18. The van der Waals surface area contributed by atoms with E-state index in [1.165, 1.54) is 17.0 Å². The van der Waals surface area contributed by atoms with Crippen molar-refractivity contribution in [3.05, 3.63) is 22.8 Å². The zero-order valence-corrected chi connectivity index (χ0v) is 10.2. The second-order valence-electron chi connectivity index (χ2n) is 3.71. The van der Waals surface area contributed by atoms with Crippen molar-refractivity contribution in [2.24, 2.45) is 0 Å². The summed E-state index contributed by atoms with van der Waals surface area (Å²) in [6, 6.07) is 0. The maximum atomic E-state index is 4.62. The van der Waals surface area contributed by atoms with Crippen LogP contribution in [0.4, 0.5) is 0 Å². The van der Waals surface area contributed by atoms with Crippen LogP contribution in [0.5, 0.6) is 0 Å². The highest BCUT2D eigenvalue weighted by Gasteiger charge is 2.14. The number of hydrogen-bond donors (Lipinski definition) is 1. The number of aromatic nitrogens is 2. The normalized spacial score (nSPS) is 15.1. The minimum atomic E-state index is 0.905. The first-order valence-electron chi connectivity index (χ1n) is 5.45. The third kappa shape index (κ3) is 2.49. The van der Waals surface area contributed by atoms with E-state index in [-0.39, 0.29) is 0 Å². The van der Waals surface area contributed by atoms with Gasteiger partial charge in [-0.15, -0.1) is 0 Å². The van der Waals surface area contributed by atoms with E-state index < -0.39 is 0 Å². The molecule has 0 atom stereocenters. The summed E-state index contributed by atoms with van der Waals surface area (Å²) in [7, 11) is 0. The molecule has 0 radical (unpaired) electrons. The summed E-state index contributed by atoms with van der Waals surface area (Å²) >= 11 is 1.88. The molecule has 0 aromatic carbocycles. The van der Waals surface area contributed by atoms with Crippen LogP contribution in [0, 0.1) is 6.92 Å². The summed E-state index contributed by atoms with van der Waals surface area (Å²) in [6.45, 7) is 6.23. The van der Waals surface area contributed by atoms with Crippen molar-refractivity contribution in [1.82, 2.24) is 15.3 Å². The Morgan fingerprint density at radius 3 is 3.07 bits per heavy atom. The van der Waals surface area contributed by atoms with Gasteiger partial charge in [-0.25, -0.2) is 9.97 Å². The Bertz CT molecular complexity index is 352. The Hall–Kier alpha value is -0.610. The van der Waals surface area contributed by atoms with Gasteiger partial charge in [-0.1, -0.05) is 6.92 Å². The highest BCUT2D eigenvalue weighted by molar-refractivity contribution is 7.98. The average molecular weight is 223 g/mol. The van der Waals surface area contributed by atoms with Gasteiger partial charge in [-0.3, -0.25) is 0 Å². The van der Waals surface area contributed by atoms with Gasteiger partial charge in [0.1, 0.15) is 5.82 Å². The van der Waals surface area contributed by atoms with Gasteiger partial charge in [0, 0.05) is 12.2 Å². The SMILES string of the molecule is CCSCc1nc(C)c2c(n1)CNCC2. The van der Waals surface area contributed by atoms with Crippen molar-refractivity contribution in [2.45, 2.75) is 32.6 Å². The molecule has 0 unspecified atom stereocenters. The average Bonchev–Trinajstić information content (AvgIpc) is 2.26. The molecule has 0 spiro atoms. The standard InChI is InChI=1S/C11H17N3S/c1-3-15-7-11-13-8(2)9-4-5-12-6-10(9)14-11/h12H,3-7H2,1-2H3. The Kier molecular flexibility index (Phi) is 3.59. The third-order valence-corrected chi connectivity index (χ3v) is 3.50. The van der Waals surface area contributed by atoms with E-state index in [2.05, 4.69) is 29.1 Å². The van der Waals surface area contributed by atoms with Crippen LogP contribution in [0.25, 0.3) is 0 Å². The predicted molar refractivity (Wildman–Crippen MR) is 64.0 cm³/mol. The van der Waals surface area contributed by atoms with Gasteiger partial charge in [-0.2, -0.15) is 11.8 Å². The second-order valence-corrected chi connectivity index (χ2v) is 4.99. The van der Waals surface area contributed by atoms with E-state index in [4.69, 9.17) is 0 Å². The molecule has 2 heterocycles. The third-order valence-electron chi connectivity index (χ3n) is 2.63. The number of aryl methyl sites for hydroxylation is 1. The van der Waals surface area contributed by atoms with Crippen LogP contribution < -0.4 is 5.32 Å². The van der Waals surface area contributed by atoms with Crippen molar-refractivity contribution < 1.29 is 0 Å². The molecule has 0 bridgehead atoms. The first-order valence-corrected chi connectivity index (χ1v) is 6.60. The van der Waals surface area contributed by atoms with E-state index in [1.54, 1.807) is 0 Å². The Balaban J connectivity index is 2.24. The van der Waals surface area contributed by atoms with Crippen LogP contribution in [0.1, 0.15) is 29.7 Å². The van der Waals surface area contributed by atoms with Gasteiger partial charge < -0.3 is 5.32 Å². The number of rotatable bonds is 3. The van der Waals surface area contributed by atoms with Gasteiger partial charge in [-0.05, 0) is 31.2 Å². The van der Waals surface area contributed by atoms with Gasteiger partial charge in [0.05, 0.1) is 11.4 Å². The Morgan fingerprint density at radius 2 is 2.27 bits per heavy atom. The van der Waals surface area contributed by atoms with Gasteiger partial charge in [0.25, 0.3) is 0 Å². The molecule has 1 aliphatic heterocycles. The molecule has 1 N–H and O–H groups in total. The van der Waals surface area contributed by atoms with Crippen LogP contribution >= 0.6 is 11.8 Å². The minimum absolute atomic E-state index is 0.905. The molecule has 1 aromatic heterocycles. The summed E-state index contributed by atoms with van der Waals surface area (Å²) in [5, 5.41) is 3.35. The van der Waals surface area contributed by atoms with Gasteiger partial charge in [0.2, 0.25) is 0 Å². The van der Waals surface area contributed by atoms with E-state index in [0.717, 1.165) is 36.8 Å². The maximum absolute atomic E-state index is 4.62. The highest BCUT2D eigenvalue weighted by atomic mass is 32.2. The summed E-state index contributed by atoms with van der Waals surface area (Å²) < 4.78 is 0. The topological polar surface area (TPSA) is 37.8 Å². The van der Waals surface area contributed by atoms with E-state index in [0.29, 0.717) is 0 Å². The first kappa shape index (κ1) is 10.9. The molecule has 15 heavy (non-hydrogen) atoms. The quantitative estimate of drug-likeness (QED) is 0.846. The zero-order chi connectivity index (χ0) is 10.7. The van der Waals surface area contributed by atoms with E-state index >= 15 is 0 Å². The summed E-state index contributed by atoms with van der Waals surface area (Å²) in [6.07, 6.45) is 1.07. The number of thioether (sulfide) groups is 1. The molecular weight excluding hydrogens is 206 g/mol. The molecule has 0 amide bonds. The molecule has 0 fully saturated rings. The number of nitrogens with one attached hydrogen (secondary N) is 1. The molecule has 82 valence electrons. The fraction of sp³-hybridized carbons (Fsp3) is 0.636. The molecule has 1 aliphatic rings. The monoisotopic (exact) mass is 223 g/mol. The maximum Gasteiger partial charge on any atom is 0.138 e. The summed E-state index contributed by atoms with van der Waals surface area (Å²) in [5.41, 5.74) is 3.74. The highest BCUT2D eigenvalue weighted by Crippen LogP contribution is 2.17. The summed E-state index contributed by atoms with van der Waals surface area (Å²) in [5.74, 6) is 3.05. The molecule has 3 nitrogen and oxygen atoms in total. The van der Waals surface area contributed by atoms with Gasteiger partial charge in [0.15, 0.2) is 0 Å². The number of nitrogens with zero attached hydrogens (tertiary/aromatic N) is 2. The van der Waals surface area contributed by atoms with Crippen LogP contribution in [0.3, 0.4) is 0 Å². The fourth-order valence-electron chi connectivity index (χ4n) is 1.87. The van der Waals surface area contributed by atoms with Crippen molar-refractivity contribution in [2.75, 3.05) is 12.3 Å². The van der Waals surface area contributed by atoms with Gasteiger partial charge >= 0.3 is 0 Å². The molecule has 0 aliphatic carbocycles. The lowest BCUT2D eigenvalue weighted by Crippen LogP contribution is -2.26. The number of fused-ring (bicyclic) bond motifs is 1. The Morgan fingerprint density at radius 1 is 1.40 bits per heavy atom. The molecule has 1 aromatic rings. The van der Waals surface area contributed by atoms with Crippen LogP contribution in [-0.4, -0.2) is 22.3 Å². The van der Waals surface area contributed by atoms with Crippen molar-refractivity contribution in [1.29, 1.82) is 0 Å². The molecule has 4 heteroatoms. The lowest BCUT2D eigenvalue weighted by molar-refractivity contribution is 0.614. The van der Waals surface area contributed by atoms with E-state index in [1.807, 2.05) is 11.8 Å². The largest absolute Gasteiger partial charge is 0.311 e. The van der Waals surface area contributed by atoms with Crippen LogP contribution in [-0.2, 0) is 18.7 Å². The summed E-state index contributed by atoms with van der Waals surface area (Å²) in [4.78, 5) is 9.18. The zero-order valence-electron chi connectivity index (χ0n) is 9.34. The van der Waals surface area contributed by atoms with Crippen LogP contribution in [0.15, 0.2) is 0 Å². The minimum Gasteiger partial charge on any atom is -0.311 e. The fourth-order valence-corrected chi connectivity index (χ4v) is 2.38. The van der Waals surface area contributed by atoms with Crippen LogP contribution in [0.2, 0.25) is 0 Å². The molecular formula is C11H17N3S. The van der Waals surface area contributed by atoms with Crippen molar-refractivity contribution >= 4 is 11.8 Å². The second kappa shape index (κ2) is 4.94. The van der Waals surface area contributed by atoms with Crippen molar-refractivity contribution in [3.63, 3.8) is 0 Å². The smallest absolute Gasteiger partial charge is 0.138 e. The van der Waals surface area contributed by atoms with E-state index in [9.17, 15) is 0 Å². The first-order chi connectivity index (χ1) is 7.31. The Labute approximate surface area is 95.1 Å².